The number of halogens is 2. The van der Waals surface area contributed by atoms with Gasteiger partial charge in [0, 0.05) is 17.1 Å². The van der Waals surface area contributed by atoms with Gasteiger partial charge in [-0.2, -0.15) is 0 Å². The minimum atomic E-state index is 0.131. The zero-order valence-corrected chi connectivity index (χ0v) is 9.76. The smallest absolute Gasteiger partial charge is 0.188 e. The van der Waals surface area contributed by atoms with Gasteiger partial charge in [0.2, 0.25) is 0 Å². The quantitative estimate of drug-likeness (QED) is 0.628. The Morgan fingerprint density at radius 2 is 2.29 bits per heavy atom. The molecule has 0 aromatic heterocycles. The van der Waals surface area contributed by atoms with Crippen molar-refractivity contribution >= 4 is 33.8 Å². The number of carbonyl (C=O) groups is 1. The van der Waals surface area contributed by atoms with E-state index in [0.717, 1.165) is 0 Å². The number of hydrogen-bond acceptors (Lipinski definition) is 3. The second kappa shape index (κ2) is 5.34. The first-order valence-electron chi connectivity index (χ1n) is 3.75. The van der Waals surface area contributed by atoms with E-state index < -0.39 is 0 Å². The summed E-state index contributed by atoms with van der Waals surface area (Å²) in [6.07, 6.45) is 0.673. The van der Waals surface area contributed by atoms with Crippen molar-refractivity contribution < 1.29 is 14.3 Å². The summed E-state index contributed by atoms with van der Waals surface area (Å²) in [6.45, 7) is 0.131. The maximum atomic E-state index is 10.6. The molecule has 0 bridgehead atoms. The maximum absolute atomic E-state index is 10.6. The molecule has 0 aliphatic heterocycles. The lowest BCUT2D eigenvalue weighted by atomic mass is 10.2. The fourth-order valence-corrected chi connectivity index (χ4v) is 1.49. The van der Waals surface area contributed by atoms with Gasteiger partial charge in [-0.25, -0.2) is 0 Å². The Morgan fingerprint density at radius 3 is 2.86 bits per heavy atom. The Hall–Kier alpha value is -0.580. The molecule has 0 spiro atoms. The largest absolute Gasteiger partial charge is 0.468 e. The lowest BCUT2D eigenvalue weighted by Crippen LogP contribution is -1.99. The van der Waals surface area contributed by atoms with Crippen molar-refractivity contribution in [3.05, 3.63) is 27.2 Å². The molecule has 0 saturated carbocycles. The molecular formula is C9H8BrClO3. The SMILES string of the molecule is COCOc1cc(Br)c(Cl)c(C=O)c1. The molecule has 1 rings (SSSR count). The molecule has 1 aromatic rings. The summed E-state index contributed by atoms with van der Waals surface area (Å²) in [6, 6.07) is 3.23. The summed E-state index contributed by atoms with van der Waals surface area (Å²) < 4.78 is 10.5. The molecule has 5 heteroatoms. The van der Waals surface area contributed by atoms with Gasteiger partial charge < -0.3 is 9.47 Å². The highest BCUT2D eigenvalue weighted by Gasteiger charge is 2.07. The van der Waals surface area contributed by atoms with Crippen LogP contribution in [0.4, 0.5) is 0 Å². The first-order valence-corrected chi connectivity index (χ1v) is 4.92. The average Bonchev–Trinajstić information content (AvgIpc) is 2.19. The van der Waals surface area contributed by atoms with Crippen molar-refractivity contribution in [3.8, 4) is 5.75 Å². The minimum absolute atomic E-state index is 0.131. The minimum Gasteiger partial charge on any atom is -0.468 e. The van der Waals surface area contributed by atoms with Crippen LogP contribution in [0.3, 0.4) is 0 Å². The molecule has 0 N–H and O–H groups in total. The van der Waals surface area contributed by atoms with Gasteiger partial charge in [0.25, 0.3) is 0 Å². The molecule has 0 radical (unpaired) electrons. The molecule has 0 aliphatic carbocycles. The Morgan fingerprint density at radius 1 is 1.57 bits per heavy atom. The number of methoxy groups -OCH3 is 1. The summed E-state index contributed by atoms with van der Waals surface area (Å²) in [7, 11) is 1.52. The first kappa shape index (κ1) is 11.5. The van der Waals surface area contributed by atoms with Gasteiger partial charge in [0.15, 0.2) is 13.1 Å². The van der Waals surface area contributed by atoms with E-state index in [1.54, 1.807) is 12.1 Å². The van der Waals surface area contributed by atoms with Crippen molar-refractivity contribution in [3.63, 3.8) is 0 Å². The molecule has 14 heavy (non-hydrogen) atoms. The fraction of sp³-hybridized carbons (Fsp3) is 0.222. The standard InChI is InChI=1S/C9H8BrClO3/c1-13-5-14-7-2-6(4-12)9(11)8(10)3-7/h2-4H,5H2,1H3. The van der Waals surface area contributed by atoms with Crippen LogP contribution >= 0.6 is 27.5 Å². The molecule has 0 heterocycles. The Balaban J connectivity index is 2.97. The van der Waals surface area contributed by atoms with Crippen LogP contribution in [-0.2, 0) is 4.74 Å². The summed E-state index contributed by atoms with van der Waals surface area (Å²) >= 11 is 9.05. The number of aldehydes is 1. The topological polar surface area (TPSA) is 35.5 Å². The van der Waals surface area contributed by atoms with Gasteiger partial charge in [0.05, 0.1) is 5.02 Å². The third-order valence-electron chi connectivity index (χ3n) is 1.50. The van der Waals surface area contributed by atoms with E-state index in [9.17, 15) is 4.79 Å². The van der Waals surface area contributed by atoms with Crippen LogP contribution in [0.5, 0.6) is 5.75 Å². The van der Waals surface area contributed by atoms with Gasteiger partial charge in [-0.3, -0.25) is 4.79 Å². The van der Waals surface area contributed by atoms with Crippen LogP contribution in [0, 0.1) is 0 Å². The van der Waals surface area contributed by atoms with E-state index in [1.807, 2.05) is 0 Å². The summed E-state index contributed by atoms with van der Waals surface area (Å²) in [5, 5.41) is 0.379. The highest BCUT2D eigenvalue weighted by molar-refractivity contribution is 9.10. The molecule has 0 atom stereocenters. The van der Waals surface area contributed by atoms with Gasteiger partial charge in [-0.1, -0.05) is 11.6 Å². The Bertz CT molecular complexity index is 341. The number of hydrogen-bond donors (Lipinski definition) is 0. The number of rotatable bonds is 4. The molecule has 0 saturated heterocycles. The highest BCUT2D eigenvalue weighted by atomic mass is 79.9. The second-order valence-corrected chi connectivity index (χ2v) is 3.71. The lowest BCUT2D eigenvalue weighted by Gasteiger charge is -2.07. The van der Waals surface area contributed by atoms with Crippen molar-refractivity contribution in [1.29, 1.82) is 0 Å². The Labute approximate surface area is 95.1 Å². The Kier molecular flexibility index (Phi) is 4.38. The monoisotopic (exact) mass is 278 g/mol. The maximum Gasteiger partial charge on any atom is 0.188 e. The molecule has 1 aromatic carbocycles. The van der Waals surface area contributed by atoms with Crippen LogP contribution in [0.25, 0.3) is 0 Å². The van der Waals surface area contributed by atoms with E-state index in [-0.39, 0.29) is 6.79 Å². The zero-order chi connectivity index (χ0) is 10.6. The highest BCUT2D eigenvalue weighted by Crippen LogP contribution is 2.30. The van der Waals surface area contributed by atoms with Gasteiger partial charge in [-0.05, 0) is 28.1 Å². The summed E-state index contributed by atoms with van der Waals surface area (Å²) in [5.74, 6) is 0.533. The number of ether oxygens (including phenoxy) is 2. The molecule has 76 valence electrons. The normalized spacial score (nSPS) is 9.93. The predicted octanol–water partition coefficient (Wildman–Crippen LogP) is 2.90. The van der Waals surface area contributed by atoms with Gasteiger partial charge >= 0.3 is 0 Å². The molecule has 3 nitrogen and oxygen atoms in total. The fourth-order valence-electron chi connectivity index (χ4n) is 0.880. The third-order valence-corrected chi connectivity index (χ3v) is 2.78. The first-order chi connectivity index (χ1) is 6.69. The molecule has 0 unspecified atom stereocenters. The predicted molar refractivity (Wildman–Crippen MR) is 57.0 cm³/mol. The van der Waals surface area contributed by atoms with E-state index >= 15 is 0 Å². The van der Waals surface area contributed by atoms with Crippen LogP contribution in [0.1, 0.15) is 10.4 Å². The van der Waals surface area contributed by atoms with Crippen LogP contribution < -0.4 is 4.74 Å². The van der Waals surface area contributed by atoms with E-state index in [1.165, 1.54) is 7.11 Å². The average molecular weight is 280 g/mol. The lowest BCUT2D eigenvalue weighted by molar-refractivity contribution is 0.0510. The van der Waals surface area contributed by atoms with Crippen molar-refractivity contribution in [2.45, 2.75) is 0 Å². The summed E-state index contributed by atoms with van der Waals surface area (Å²) in [5.41, 5.74) is 0.382. The number of benzene rings is 1. The second-order valence-electron chi connectivity index (χ2n) is 2.48. The van der Waals surface area contributed by atoms with Crippen molar-refractivity contribution in [2.75, 3.05) is 13.9 Å². The van der Waals surface area contributed by atoms with Crippen molar-refractivity contribution in [2.24, 2.45) is 0 Å². The van der Waals surface area contributed by atoms with Gasteiger partial charge in [-0.15, -0.1) is 0 Å². The zero-order valence-electron chi connectivity index (χ0n) is 7.42. The van der Waals surface area contributed by atoms with Gasteiger partial charge in [0.1, 0.15) is 5.75 Å². The number of carbonyl (C=O) groups excluding carboxylic acids is 1. The van der Waals surface area contributed by atoms with E-state index in [4.69, 9.17) is 21.1 Å². The third kappa shape index (κ3) is 2.70. The van der Waals surface area contributed by atoms with Crippen LogP contribution in [0.2, 0.25) is 5.02 Å². The van der Waals surface area contributed by atoms with Crippen LogP contribution in [0.15, 0.2) is 16.6 Å². The molecular weight excluding hydrogens is 271 g/mol. The van der Waals surface area contributed by atoms with Crippen molar-refractivity contribution in [1.82, 2.24) is 0 Å². The molecule has 0 amide bonds. The van der Waals surface area contributed by atoms with E-state index in [0.29, 0.717) is 27.1 Å². The molecule has 0 fully saturated rings. The van der Waals surface area contributed by atoms with E-state index in [2.05, 4.69) is 15.9 Å². The summed E-state index contributed by atoms with van der Waals surface area (Å²) in [4.78, 5) is 10.6. The van der Waals surface area contributed by atoms with Crippen LogP contribution in [-0.4, -0.2) is 20.2 Å². The molecule has 0 aliphatic rings.